The molecule has 20 heavy (non-hydrogen) atoms. The van der Waals surface area contributed by atoms with Gasteiger partial charge in [0, 0.05) is 6.54 Å². The standard InChI is InChI=1S/C12H12ClF3N4/c1-2-11-10(6-17)18-19-20(11)7-3-4-9(13)8(5-7)12(14,15)16/h3-5H,2,6,17H2,1H3. The molecule has 2 aromatic rings. The van der Waals surface area contributed by atoms with Gasteiger partial charge in [-0.2, -0.15) is 13.2 Å². The van der Waals surface area contributed by atoms with E-state index in [0.29, 0.717) is 17.8 Å². The third-order valence-corrected chi connectivity index (χ3v) is 3.20. The molecule has 108 valence electrons. The minimum absolute atomic E-state index is 0.183. The van der Waals surface area contributed by atoms with Crippen molar-refractivity contribution in [2.45, 2.75) is 26.1 Å². The SMILES string of the molecule is CCc1c(CN)nnn1-c1ccc(Cl)c(C(F)(F)F)c1. The fourth-order valence-electron chi connectivity index (χ4n) is 1.91. The maximum absolute atomic E-state index is 12.8. The summed E-state index contributed by atoms with van der Waals surface area (Å²) in [6, 6.07) is 3.62. The molecule has 0 aliphatic carbocycles. The van der Waals surface area contributed by atoms with Crippen molar-refractivity contribution in [2.75, 3.05) is 0 Å². The summed E-state index contributed by atoms with van der Waals surface area (Å²) in [6.45, 7) is 2.04. The van der Waals surface area contributed by atoms with Crippen molar-refractivity contribution in [3.63, 3.8) is 0 Å². The van der Waals surface area contributed by atoms with Crippen LogP contribution in [0.25, 0.3) is 5.69 Å². The van der Waals surface area contributed by atoms with Gasteiger partial charge in [-0.25, -0.2) is 4.68 Å². The second-order valence-corrected chi connectivity index (χ2v) is 4.52. The Morgan fingerprint density at radius 3 is 2.60 bits per heavy atom. The molecule has 4 nitrogen and oxygen atoms in total. The van der Waals surface area contributed by atoms with Crippen LogP contribution in [-0.2, 0) is 19.1 Å². The van der Waals surface area contributed by atoms with Gasteiger partial charge in [-0.05, 0) is 24.6 Å². The fraction of sp³-hybridized carbons (Fsp3) is 0.333. The lowest BCUT2D eigenvalue weighted by atomic mass is 10.1. The normalized spacial score (nSPS) is 11.9. The average Bonchev–Trinajstić information content (AvgIpc) is 2.80. The highest BCUT2D eigenvalue weighted by atomic mass is 35.5. The van der Waals surface area contributed by atoms with Gasteiger partial charge in [-0.1, -0.05) is 23.7 Å². The minimum atomic E-state index is -4.52. The van der Waals surface area contributed by atoms with Crippen molar-refractivity contribution in [3.05, 3.63) is 40.2 Å². The van der Waals surface area contributed by atoms with E-state index < -0.39 is 11.7 Å². The van der Waals surface area contributed by atoms with Crippen LogP contribution in [0, 0.1) is 0 Å². The maximum Gasteiger partial charge on any atom is 0.417 e. The van der Waals surface area contributed by atoms with Crippen LogP contribution in [0.4, 0.5) is 13.2 Å². The van der Waals surface area contributed by atoms with E-state index in [1.807, 2.05) is 6.92 Å². The Morgan fingerprint density at radius 1 is 1.35 bits per heavy atom. The molecule has 2 N–H and O–H groups in total. The highest BCUT2D eigenvalue weighted by Gasteiger charge is 2.33. The molecule has 0 bridgehead atoms. The predicted molar refractivity (Wildman–Crippen MR) is 68.6 cm³/mol. The Labute approximate surface area is 118 Å². The molecule has 0 aliphatic heterocycles. The third-order valence-electron chi connectivity index (χ3n) is 2.87. The minimum Gasteiger partial charge on any atom is -0.325 e. The van der Waals surface area contributed by atoms with Crippen molar-refractivity contribution >= 4 is 11.6 Å². The van der Waals surface area contributed by atoms with Gasteiger partial charge in [-0.15, -0.1) is 5.10 Å². The van der Waals surface area contributed by atoms with Gasteiger partial charge in [0.1, 0.15) is 0 Å². The van der Waals surface area contributed by atoms with Gasteiger partial charge < -0.3 is 5.73 Å². The van der Waals surface area contributed by atoms with Crippen LogP contribution < -0.4 is 5.73 Å². The van der Waals surface area contributed by atoms with Crippen LogP contribution >= 0.6 is 11.6 Å². The molecule has 0 spiro atoms. The zero-order chi connectivity index (χ0) is 14.9. The number of hydrogen-bond acceptors (Lipinski definition) is 3. The fourth-order valence-corrected chi connectivity index (χ4v) is 2.14. The molecule has 1 aromatic carbocycles. The molecule has 0 aliphatic rings. The van der Waals surface area contributed by atoms with Gasteiger partial charge in [0.2, 0.25) is 0 Å². The molecule has 0 fully saturated rings. The molecule has 0 saturated carbocycles. The monoisotopic (exact) mass is 304 g/mol. The lowest BCUT2D eigenvalue weighted by Gasteiger charge is -2.12. The van der Waals surface area contributed by atoms with E-state index in [1.54, 1.807) is 0 Å². The lowest BCUT2D eigenvalue weighted by Crippen LogP contribution is -2.09. The second kappa shape index (κ2) is 5.41. The Bertz CT molecular complexity index is 622. The molecule has 0 amide bonds. The molecule has 0 unspecified atom stereocenters. The molecular formula is C12H12ClF3N4. The van der Waals surface area contributed by atoms with Gasteiger partial charge >= 0.3 is 6.18 Å². The van der Waals surface area contributed by atoms with Crippen molar-refractivity contribution < 1.29 is 13.2 Å². The number of halogens is 4. The zero-order valence-electron chi connectivity index (χ0n) is 10.6. The summed E-state index contributed by atoms with van der Waals surface area (Å²) in [5, 5.41) is 7.38. The Kier molecular flexibility index (Phi) is 4.01. The quantitative estimate of drug-likeness (QED) is 0.948. The van der Waals surface area contributed by atoms with Gasteiger partial charge in [0.15, 0.2) is 0 Å². The molecule has 1 heterocycles. The Balaban J connectivity index is 2.57. The summed E-state index contributed by atoms with van der Waals surface area (Å²) in [7, 11) is 0. The molecule has 1 aromatic heterocycles. The molecule has 8 heteroatoms. The lowest BCUT2D eigenvalue weighted by molar-refractivity contribution is -0.137. The first-order valence-corrected chi connectivity index (χ1v) is 6.27. The predicted octanol–water partition coefficient (Wildman–Crippen LogP) is 2.96. The first-order chi connectivity index (χ1) is 9.38. The number of aromatic nitrogens is 3. The van der Waals surface area contributed by atoms with Crippen LogP contribution in [0.15, 0.2) is 18.2 Å². The molecule has 0 atom stereocenters. The number of benzene rings is 1. The molecule has 0 radical (unpaired) electrons. The first-order valence-electron chi connectivity index (χ1n) is 5.89. The molecule has 2 rings (SSSR count). The van der Waals surface area contributed by atoms with Gasteiger partial charge in [0.25, 0.3) is 0 Å². The molecule has 0 saturated heterocycles. The first kappa shape index (κ1) is 14.8. The largest absolute Gasteiger partial charge is 0.417 e. The number of nitrogens with zero attached hydrogens (tertiary/aromatic N) is 3. The van der Waals surface area contributed by atoms with Crippen LogP contribution in [-0.4, -0.2) is 15.0 Å². The summed E-state index contributed by atoms with van der Waals surface area (Å²) in [4.78, 5) is 0. The van der Waals surface area contributed by atoms with E-state index in [-0.39, 0.29) is 17.3 Å². The van der Waals surface area contributed by atoms with Crippen LogP contribution in [0.2, 0.25) is 5.02 Å². The highest BCUT2D eigenvalue weighted by Crippen LogP contribution is 2.35. The summed E-state index contributed by atoms with van der Waals surface area (Å²) in [5.74, 6) is 0. The molecular weight excluding hydrogens is 293 g/mol. The Morgan fingerprint density at radius 2 is 2.05 bits per heavy atom. The third kappa shape index (κ3) is 2.64. The average molecular weight is 305 g/mol. The van der Waals surface area contributed by atoms with Crippen molar-refractivity contribution in [1.82, 2.24) is 15.0 Å². The second-order valence-electron chi connectivity index (χ2n) is 4.11. The van der Waals surface area contributed by atoms with E-state index in [9.17, 15) is 13.2 Å². The van der Waals surface area contributed by atoms with Crippen molar-refractivity contribution in [1.29, 1.82) is 0 Å². The number of rotatable bonds is 3. The number of alkyl halides is 3. The van der Waals surface area contributed by atoms with Crippen molar-refractivity contribution in [3.8, 4) is 5.69 Å². The summed E-state index contributed by atoms with van der Waals surface area (Å²) in [5.41, 5.74) is 6.13. The summed E-state index contributed by atoms with van der Waals surface area (Å²) in [6.07, 6.45) is -3.96. The van der Waals surface area contributed by atoms with Gasteiger partial charge in [0.05, 0.1) is 27.7 Å². The topological polar surface area (TPSA) is 56.7 Å². The van der Waals surface area contributed by atoms with Crippen LogP contribution in [0.3, 0.4) is 0 Å². The van der Waals surface area contributed by atoms with E-state index in [2.05, 4.69) is 10.3 Å². The van der Waals surface area contributed by atoms with E-state index in [4.69, 9.17) is 17.3 Å². The number of nitrogens with two attached hydrogens (primary N) is 1. The van der Waals surface area contributed by atoms with Crippen LogP contribution in [0.1, 0.15) is 23.9 Å². The van der Waals surface area contributed by atoms with Crippen LogP contribution in [0.5, 0.6) is 0 Å². The smallest absolute Gasteiger partial charge is 0.325 e. The van der Waals surface area contributed by atoms with Crippen molar-refractivity contribution in [2.24, 2.45) is 5.73 Å². The summed E-state index contributed by atoms with van der Waals surface area (Å²) < 4.78 is 39.9. The van der Waals surface area contributed by atoms with E-state index >= 15 is 0 Å². The highest BCUT2D eigenvalue weighted by molar-refractivity contribution is 6.31. The maximum atomic E-state index is 12.8. The van der Waals surface area contributed by atoms with E-state index in [1.165, 1.54) is 16.8 Å². The van der Waals surface area contributed by atoms with Gasteiger partial charge in [-0.3, -0.25) is 0 Å². The number of hydrogen-bond donors (Lipinski definition) is 1. The zero-order valence-corrected chi connectivity index (χ0v) is 11.3. The Hall–Kier alpha value is -1.60. The van der Waals surface area contributed by atoms with E-state index in [0.717, 1.165) is 6.07 Å². The summed E-state index contributed by atoms with van der Waals surface area (Å²) >= 11 is 5.59.